The Morgan fingerprint density at radius 2 is 2.35 bits per heavy atom. The number of nitrogens with one attached hydrogen (secondary N) is 2. The van der Waals surface area contributed by atoms with Crippen LogP contribution < -0.4 is 15.5 Å². The minimum atomic E-state index is -0.570. The number of amides is 1. The lowest BCUT2D eigenvalue weighted by molar-refractivity contribution is 0.0993. The third kappa shape index (κ3) is 2.74. The van der Waals surface area contributed by atoms with Crippen molar-refractivity contribution in [1.82, 2.24) is 10.2 Å². The summed E-state index contributed by atoms with van der Waals surface area (Å²) in [6.07, 6.45) is 1.83. The second-order valence-electron chi connectivity index (χ2n) is 3.85. The number of carbonyl (C=O) groups excluding carboxylic acids is 1. The van der Waals surface area contributed by atoms with Gasteiger partial charge in [-0.1, -0.05) is 6.92 Å². The Morgan fingerprint density at radius 3 is 2.90 bits per heavy atom. The van der Waals surface area contributed by atoms with Crippen molar-refractivity contribution >= 4 is 27.7 Å². The molecule has 0 aliphatic carbocycles. The second-order valence-corrected chi connectivity index (χ2v) is 4.64. The molecule has 0 aliphatic heterocycles. The molecule has 0 aliphatic rings. The molecule has 2 aromatic rings. The lowest BCUT2D eigenvalue weighted by Crippen LogP contribution is -2.15. The van der Waals surface area contributed by atoms with Crippen molar-refractivity contribution in [3.05, 3.63) is 38.5 Å². The van der Waals surface area contributed by atoms with Crippen molar-refractivity contribution in [3.63, 3.8) is 0 Å². The number of hydrogen-bond donors (Lipinski definition) is 2. The molecule has 7 nitrogen and oxygen atoms in total. The van der Waals surface area contributed by atoms with Crippen LogP contribution in [0.5, 0.6) is 5.75 Å². The number of anilines is 1. The number of nitrogens with zero attached hydrogens (tertiary/aromatic N) is 1. The zero-order valence-corrected chi connectivity index (χ0v) is 12.4. The van der Waals surface area contributed by atoms with E-state index in [0.717, 1.165) is 24.4 Å². The van der Waals surface area contributed by atoms with E-state index < -0.39 is 11.3 Å². The zero-order chi connectivity index (χ0) is 14.7. The molecule has 8 heteroatoms. The van der Waals surface area contributed by atoms with Gasteiger partial charge in [-0.05, 0) is 22.4 Å². The van der Waals surface area contributed by atoms with Crippen LogP contribution in [0.15, 0.2) is 26.0 Å². The van der Waals surface area contributed by atoms with Crippen LogP contribution in [0.2, 0.25) is 0 Å². The number of halogens is 1. The van der Waals surface area contributed by atoms with Crippen LogP contribution in [0, 0.1) is 0 Å². The highest BCUT2D eigenvalue weighted by atomic mass is 79.9. The molecule has 2 heterocycles. The molecule has 0 bridgehead atoms. The fourth-order valence-electron chi connectivity index (χ4n) is 1.52. The van der Waals surface area contributed by atoms with E-state index in [4.69, 9.17) is 9.15 Å². The molecule has 2 N–H and O–H groups in total. The van der Waals surface area contributed by atoms with Crippen LogP contribution in [-0.2, 0) is 6.42 Å². The third-order valence-electron chi connectivity index (χ3n) is 2.60. The average molecular weight is 342 g/mol. The van der Waals surface area contributed by atoms with E-state index in [-0.39, 0.29) is 11.5 Å². The van der Waals surface area contributed by atoms with Crippen LogP contribution in [0.25, 0.3) is 0 Å². The van der Waals surface area contributed by atoms with Gasteiger partial charge in [-0.3, -0.25) is 14.7 Å². The Kier molecular flexibility index (Phi) is 4.23. The van der Waals surface area contributed by atoms with Gasteiger partial charge in [0.15, 0.2) is 11.6 Å². The molecule has 0 aromatic carbocycles. The van der Waals surface area contributed by atoms with Gasteiger partial charge in [0.2, 0.25) is 11.2 Å². The van der Waals surface area contributed by atoms with Crippen LogP contribution in [-0.4, -0.2) is 23.2 Å². The molecule has 106 valence electrons. The number of methoxy groups -OCH3 is 1. The maximum atomic E-state index is 12.0. The number of rotatable bonds is 4. The second kappa shape index (κ2) is 5.91. The first-order valence-corrected chi connectivity index (χ1v) is 6.57. The van der Waals surface area contributed by atoms with E-state index in [1.54, 1.807) is 0 Å². The number of carbonyl (C=O) groups is 1. The van der Waals surface area contributed by atoms with Crippen molar-refractivity contribution in [1.29, 1.82) is 0 Å². The van der Waals surface area contributed by atoms with Crippen LogP contribution in [0.4, 0.5) is 5.82 Å². The van der Waals surface area contributed by atoms with Gasteiger partial charge in [0.1, 0.15) is 6.26 Å². The van der Waals surface area contributed by atoms with E-state index in [9.17, 15) is 9.59 Å². The predicted molar refractivity (Wildman–Crippen MR) is 75.1 cm³/mol. The van der Waals surface area contributed by atoms with Gasteiger partial charge < -0.3 is 14.5 Å². The van der Waals surface area contributed by atoms with Crippen LogP contribution >= 0.6 is 15.9 Å². The minimum absolute atomic E-state index is 0.0377. The van der Waals surface area contributed by atoms with Crippen molar-refractivity contribution in [2.45, 2.75) is 13.3 Å². The molecule has 20 heavy (non-hydrogen) atoms. The summed E-state index contributed by atoms with van der Waals surface area (Å²) in [5, 5.41) is 9.29. The number of aromatic amines is 1. The van der Waals surface area contributed by atoms with Gasteiger partial charge in [0.05, 0.1) is 17.3 Å². The fraction of sp³-hybridized carbons (Fsp3) is 0.250. The summed E-state index contributed by atoms with van der Waals surface area (Å²) in [6, 6.07) is 1.06. The van der Waals surface area contributed by atoms with Gasteiger partial charge in [-0.15, -0.1) is 0 Å². The molecule has 0 atom stereocenters. The predicted octanol–water partition coefficient (Wildman–Crippen LogP) is 1.95. The average Bonchev–Trinajstić information content (AvgIpc) is 2.79. The Bertz CT molecular complexity index is 692. The van der Waals surface area contributed by atoms with Gasteiger partial charge in [0, 0.05) is 6.07 Å². The molecule has 0 saturated heterocycles. The Balaban J connectivity index is 2.21. The highest BCUT2D eigenvalue weighted by Crippen LogP contribution is 2.24. The zero-order valence-electron chi connectivity index (χ0n) is 10.8. The molecule has 0 fully saturated rings. The molecule has 2 aromatic heterocycles. The highest BCUT2D eigenvalue weighted by molar-refractivity contribution is 9.10. The van der Waals surface area contributed by atoms with Crippen LogP contribution in [0.1, 0.15) is 23.2 Å². The van der Waals surface area contributed by atoms with Crippen molar-refractivity contribution in [2.75, 3.05) is 12.4 Å². The number of aryl methyl sites for hydroxylation is 1. The first-order chi connectivity index (χ1) is 9.56. The van der Waals surface area contributed by atoms with E-state index in [2.05, 4.69) is 31.4 Å². The van der Waals surface area contributed by atoms with Gasteiger partial charge in [-0.2, -0.15) is 5.10 Å². The van der Waals surface area contributed by atoms with E-state index in [1.807, 2.05) is 6.92 Å². The Morgan fingerprint density at radius 1 is 1.60 bits per heavy atom. The monoisotopic (exact) mass is 341 g/mol. The maximum Gasteiger partial charge on any atom is 0.292 e. The number of ether oxygens (including phenoxy) is 1. The summed E-state index contributed by atoms with van der Waals surface area (Å²) in [5.41, 5.74) is 0.427. The lowest BCUT2D eigenvalue weighted by atomic mass is 10.3. The number of aromatic nitrogens is 2. The van der Waals surface area contributed by atoms with E-state index in [0.29, 0.717) is 10.3 Å². The fourth-order valence-corrected chi connectivity index (χ4v) is 2.07. The lowest BCUT2D eigenvalue weighted by Gasteiger charge is -2.03. The minimum Gasteiger partial charge on any atom is -0.490 e. The molecule has 0 radical (unpaired) electrons. The first-order valence-electron chi connectivity index (χ1n) is 5.77. The van der Waals surface area contributed by atoms with Gasteiger partial charge in [0.25, 0.3) is 5.91 Å². The summed E-state index contributed by atoms with van der Waals surface area (Å²) in [4.78, 5) is 23.5. The first kappa shape index (κ1) is 14.3. The molecular formula is C12H12BrN3O4. The molecule has 1 amide bonds. The molecule has 2 rings (SSSR count). The summed E-state index contributed by atoms with van der Waals surface area (Å²) < 4.78 is 10.5. The molecular weight excluding hydrogens is 330 g/mol. The van der Waals surface area contributed by atoms with Crippen molar-refractivity contribution in [3.8, 4) is 5.75 Å². The quantitative estimate of drug-likeness (QED) is 0.885. The number of hydrogen-bond acceptors (Lipinski definition) is 5. The van der Waals surface area contributed by atoms with Gasteiger partial charge in [-0.25, -0.2) is 0 Å². The third-order valence-corrected chi connectivity index (χ3v) is 3.46. The largest absolute Gasteiger partial charge is 0.490 e. The number of H-pyrrole nitrogens is 1. The summed E-state index contributed by atoms with van der Waals surface area (Å²) in [5.74, 6) is -0.315. The highest BCUT2D eigenvalue weighted by Gasteiger charge is 2.16. The summed E-state index contributed by atoms with van der Waals surface area (Å²) in [7, 11) is 1.35. The molecule has 0 spiro atoms. The maximum absolute atomic E-state index is 12.0. The Labute approximate surface area is 122 Å². The van der Waals surface area contributed by atoms with E-state index in [1.165, 1.54) is 7.11 Å². The van der Waals surface area contributed by atoms with Crippen molar-refractivity contribution in [2.24, 2.45) is 0 Å². The molecule has 0 saturated carbocycles. The van der Waals surface area contributed by atoms with Gasteiger partial charge >= 0.3 is 0 Å². The summed E-state index contributed by atoms with van der Waals surface area (Å²) in [6.45, 7) is 1.95. The summed E-state index contributed by atoms with van der Waals surface area (Å²) >= 11 is 3.33. The van der Waals surface area contributed by atoms with Crippen molar-refractivity contribution < 1.29 is 13.9 Å². The molecule has 0 unspecified atom stereocenters. The SMILES string of the molecule is CCc1[nH]nc(NC(=O)c2cc(=O)c(OC)co2)c1Br. The Hall–Kier alpha value is -2.09. The smallest absolute Gasteiger partial charge is 0.292 e. The standard InChI is InChI=1S/C12H12BrN3O4/c1-3-6-10(13)11(16-15-6)14-12(18)8-4-7(17)9(19-2)5-20-8/h4-5H,3H2,1-2H3,(H2,14,15,16,18). The van der Waals surface area contributed by atoms with E-state index >= 15 is 0 Å². The van der Waals surface area contributed by atoms with Crippen LogP contribution in [0.3, 0.4) is 0 Å². The normalized spacial score (nSPS) is 10.3. The topological polar surface area (TPSA) is 97.2 Å².